The van der Waals surface area contributed by atoms with Crippen LogP contribution in [0.15, 0.2) is 12.1 Å². The molecule has 0 aliphatic rings. The van der Waals surface area contributed by atoms with E-state index in [-0.39, 0.29) is 5.56 Å². The zero-order valence-corrected chi connectivity index (χ0v) is 10.5. The highest BCUT2D eigenvalue weighted by Gasteiger charge is 2.13. The number of carbonyl (C=O) groups is 1. The number of benzene rings is 1. The second kappa shape index (κ2) is 6.32. The van der Waals surface area contributed by atoms with E-state index in [9.17, 15) is 4.79 Å². The molecule has 0 aliphatic heterocycles. The van der Waals surface area contributed by atoms with Gasteiger partial charge in [0, 0.05) is 13.7 Å². The molecule has 0 aromatic heterocycles. The average Bonchev–Trinajstić information content (AvgIpc) is 2.32. The van der Waals surface area contributed by atoms with Gasteiger partial charge in [-0.1, -0.05) is 11.6 Å². The van der Waals surface area contributed by atoms with Crippen LogP contribution in [0.3, 0.4) is 0 Å². The first-order valence-corrected chi connectivity index (χ1v) is 5.38. The van der Waals surface area contributed by atoms with Crippen molar-refractivity contribution in [2.24, 2.45) is 0 Å². The number of nitrogens with one attached hydrogen (secondary N) is 1. The van der Waals surface area contributed by atoms with E-state index >= 15 is 0 Å². The summed E-state index contributed by atoms with van der Waals surface area (Å²) in [5, 5.41) is 3.35. The van der Waals surface area contributed by atoms with Gasteiger partial charge in [-0.3, -0.25) is 0 Å². The van der Waals surface area contributed by atoms with Crippen molar-refractivity contribution in [1.82, 2.24) is 0 Å². The summed E-state index contributed by atoms with van der Waals surface area (Å²) < 4.78 is 9.49. The molecule has 0 saturated carbocycles. The second-order valence-corrected chi connectivity index (χ2v) is 3.74. The largest absolute Gasteiger partial charge is 0.465 e. The molecule has 1 aromatic rings. The number of hydrogen-bond donors (Lipinski definition) is 2. The lowest BCUT2D eigenvalue weighted by Crippen LogP contribution is -2.10. The van der Waals surface area contributed by atoms with E-state index < -0.39 is 5.97 Å². The van der Waals surface area contributed by atoms with Crippen LogP contribution in [0.5, 0.6) is 0 Å². The van der Waals surface area contributed by atoms with Crippen LogP contribution >= 0.6 is 11.6 Å². The van der Waals surface area contributed by atoms with Crippen molar-refractivity contribution in [2.75, 3.05) is 38.4 Å². The van der Waals surface area contributed by atoms with Gasteiger partial charge in [0.1, 0.15) is 0 Å². The molecule has 17 heavy (non-hydrogen) atoms. The van der Waals surface area contributed by atoms with Crippen molar-refractivity contribution in [3.63, 3.8) is 0 Å². The number of nitrogens with two attached hydrogens (primary N) is 1. The Hall–Kier alpha value is -1.46. The van der Waals surface area contributed by atoms with Gasteiger partial charge in [0.15, 0.2) is 0 Å². The Balaban J connectivity index is 2.89. The highest BCUT2D eigenvalue weighted by molar-refractivity contribution is 6.34. The van der Waals surface area contributed by atoms with E-state index in [1.54, 1.807) is 13.2 Å². The van der Waals surface area contributed by atoms with E-state index in [0.29, 0.717) is 29.5 Å². The van der Waals surface area contributed by atoms with E-state index in [2.05, 4.69) is 10.1 Å². The van der Waals surface area contributed by atoms with Crippen LogP contribution in [-0.4, -0.2) is 33.3 Å². The zero-order chi connectivity index (χ0) is 12.8. The number of anilines is 2. The molecule has 6 heteroatoms. The second-order valence-electron chi connectivity index (χ2n) is 3.33. The summed E-state index contributed by atoms with van der Waals surface area (Å²) in [4.78, 5) is 11.4. The predicted octanol–water partition coefficient (Wildman–Crippen LogP) is 1.77. The Bertz CT molecular complexity index is 410. The summed E-state index contributed by atoms with van der Waals surface area (Å²) in [7, 11) is 2.90. The average molecular weight is 259 g/mol. The van der Waals surface area contributed by atoms with Crippen LogP contribution in [0.25, 0.3) is 0 Å². The van der Waals surface area contributed by atoms with Crippen LogP contribution in [0.1, 0.15) is 10.4 Å². The Morgan fingerprint density at radius 2 is 2.18 bits per heavy atom. The van der Waals surface area contributed by atoms with Crippen LogP contribution in [0, 0.1) is 0 Å². The molecular formula is C11H15ClN2O3. The molecule has 0 aliphatic carbocycles. The fraction of sp³-hybridized carbons (Fsp3) is 0.364. The van der Waals surface area contributed by atoms with Crippen molar-refractivity contribution >= 4 is 28.9 Å². The minimum atomic E-state index is -0.509. The summed E-state index contributed by atoms with van der Waals surface area (Å²) in [5.74, 6) is -0.509. The maximum Gasteiger partial charge on any atom is 0.339 e. The maximum atomic E-state index is 11.4. The summed E-state index contributed by atoms with van der Waals surface area (Å²) in [5.41, 5.74) is 7.15. The smallest absolute Gasteiger partial charge is 0.339 e. The maximum absolute atomic E-state index is 11.4. The highest BCUT2D eigenvalue weighted by atomic mass is 35.5. The summed E-state index contributed by atoms with van der Waals surface area (Å²) >= 11 is 5.96. The zero-order valence-electron chi connectivity index (χ0n) is 9.75. The van der Waals surface area contributed by atoms with Gasteiger partial charge in [-0.15, -0.1) is 0 Å². The molecule has 0 unspecified atom stereocenters. The lowest BCUT2D eigenvalue weighted by molar-refractivity contribution is 0.0601. The first-order valence-electron chi connectivity index (χ1n) is 5.00. The van der Waals surface area contributed by atoms with Crippen molar-refractivity contribution < 1.29 is 14.3 Å². The van der Waals surface area contributed by atoms with Gasteiger partial charge >= 0.3 is 5.97 Å². The molecule has 0 amide bonds. The topological polar surface area (TPSA) is 73.6 Å². The van der Waals surface area contributed by atoms with Gasteiger partial charge in [0.25, 0.3) is 0 Å². The monoisotopic (exact) mass is 258 g/mol. The summed E-state index contributed by atoms with van der Waals surface area (Å²) in [6.45, 7) is 1.16. The third-order valence-corrected chi connectivity index (χ3v) is 2.48. The van der Waals surface area contributed by atoms with Crippen molar-refractivity contribution in [3.8, 4) is 0 Å². The number of hydrogen-bond acceptors (Lipinski definition) is 5. The van der Waals surface area contributed by atoms with Crippen molar-refractivity contribution in [2.45, 2.75) is 0 Å². The first kappa shape index (κ1) is 13.6. The normalized spacial score (nSPS) is 10.1. The third-order valence-electron chi connectivity index (χ3n) is 2.17. The van der Waals surface area contributed by atoms with Crippen LogP contribution < -0.4 is 11.1 Å². The number of methoxy groups -OCH3 is 2. The molecule has 1 rings (SSSR count). The molecule has 94 valence electrons. The Morgan fingerprint density at radius 3 is 2.76 bits per heavy atom. The van der Waals surface area contributed by atoms with E-state index in [1.807, 2.05) is 0 Å². The van der Waals surface area contributed by atoms with Crippen molar-refractivity contribution in [3.05, 3.63) is 22.7 Å². The van der Waals surface area contributed by atoms with Gasteiger partial charge in [-0.05, 0) is 12.1 Å². The Kier molecular flexibility index (Phi) is 5.06. The molecular weight excluding hydrogens is 244 g/mol. The molecule has 5 nitrogen and oxygen atoms in total. The number of nitrogen functional groups attached to an aromatic ring is 1. The van der Waals surface area contributed by atoms with E-state index in [4.69, 9.17) is 22.1 Å². The van der Waals surface area contributed by atoms with E-state index in [1.165, 1.54) is 13.2 Å². The SMILES string of the molecule is COCCNc1cc(Cl)c(C(=O)OC)cc1N. The van der Waals surface area contributed by atoms with Gasteiger partial charge in [-0.2, -0.15) is 0 Å². The molecule has 0 radical (unpaired) electrons. The van der Waals surface area contributed by atoms with Crippen LogP contribution in [0.4, 0.5) is 11.4 Å². The van der Waals surface area contributed by atoms with Gasteiger partial charge in [0.05, 0.1) is 35.7 Å². The number of esters is 1. The molecule has 3 N–H and O–H groups in total. The highest BCUT2D eigenvalue weighted by Crippen LogP contribution is 2.27. The first-order chi connectivity index (χ1) is 8.10. The molecule has 0 heterocycles. The van der Waals surface area contributed by atoms with Gasteiger partial charge < -0.3 is 20.5 Å². The lowest BCUT2D eigenvalue weighted by Gasteiger charge is -2.11. The number of ether oxygens (including phenoxy) is 2. The van der Waals surface area contributed by atoms with Gasteiger partial charge in [-0.25, -0.2) is 4.79 Å². The van der Waals surface area contributed by atoms with Gasteiger partial charge in [0.2, 0.25) is 0 Å². The molecule has 0 saturated heterocycles. The molecule has 0 spiro atoms. The number of carbonyl (C=O) groups excluding carboxylic acids is 1. The molecule has 0 atom stereocenters. The Morgan fingerprint density at radius 1 is 1.47 bits per heavy atom. The quantitative estimate of drug-likeness (QED) is 0.478. The fourth-order valence-corrected chi connectivity index (χ4v) is 1.54. The van der Waals surface area contributed by atoms with Crippen LogP contribution in [-0.2, 0) is 9.47 Å². The minimum absolute atomic E-state index is 0.254. The summed E-state index contributed by atoms with van der Waals surface area (Å²) in [6.07, 6.45) is 0. The molecule has 1 aromatic carbocycles. The van der Waals surface area contributed by atoms with Crippen LogP contribution in [0.2, 0.25) is 5.02 Å². The molecule has 0 fully saturated rings. The predicted molar refractivity (Wildman–Crippen MR) is 67.6 cm³/mol. The number of halogens is 1. The van der Waals surface area contributed by atoms with Crippen molar-refractivity contribution in [1.29, 1.82) is 0 Å². The standard InChI is InChI=1S/C11H15ClN2O3/c1-16-4-3-14-10-6-8(12)7(5-9(10)13)11(15)17-2/h5-6,14H,3-4,13H2,1-2H3. The number of rotatable bonds is 5. The Labute approximate surface area is 105 Å². The van der Waals surface area contributed by atoms with E-state index in [0.717, 1.165) is 0 Å². The summed E-state index contributed by atoms with van der Waals surface area (Å²) in [6, 6.07) is 3.09. The lowest BCUT2D eigenvalue weighted by atomic mass is 10.1. The molecule has 0 bridgehead atoms. The fourth-order valence-electron chi connectivity index (χ4n) is 1.30. The third kappa shape index (κ3) is 3.51. The minimum Gasteiger partial charge on any atom is -0.465 e.